The van der Waals surface area contributed by atoms with Gasteiger partial charge in [0.05, 0.1) is 23.2 Å². The van der Waals surface area contributed by atoms with Gasteiger partial charge < -0.3 is 19.6 Å². The molecular formula is C25H36N2O5S. The van der Waals surface area contributed by atoms with Crippen LogP contribution in [0.1, 0.15) is 52.4 Å². The molecular weight excluding hydrogens is 440 g/mol. The molecule has 4 aliphatic rings. The minimum Gasteiger partial charge on any atom is -0.465 e. The molecule has 182 valence electrons. The van der Waals surface area contributed by atoms with Crippen LogP contribution >= 0.6 is 11.8 Å². The van der Waals surface area contributed by atoms with E-state index in [2.05, 4.69) is 18.2 Å². The number of carbonyl (C=O) groups is 3. The van der Waals surface area contributed by atoms with E-state index in [-0.39, 0.29) is 35.7 Å². The molecule has 2 fully saturated rings. The number of fused-ring (bicyclic) bond motifs is 2. The molecule has 7 nitrogen and oxygen atoms in total. The van der Waals surface area contributed by atoms with Gasteiger partial charge in [-0.05, 0) is 39.5 Å². The van der Waals surface area contributed by atoms with Crippen LogP contribution in [0.25, 0.3) is 0 Å². The maximum atomic E-state index is 13.9. The van der Waals surface area contributed by atoms with Crippen LogP contribution in [-0.2, 0) is 19.1 Å². The van der Waals surface area contributed by atoms with Gasteiger partial charge >= 0.3 is 5.97 Å². The van der Waals surface area contributed by atoms with Crippen LogP contribution in [0.2, 0.25) is 0 Å². The minimum absolute atomic E-state index is 0.0197. The smallest absolute Gasteiger partial charge is 0.311 e. The molecule has 33 heavy (non-hydrogen) atoms. The van der Waals surface area contributed by atoms with Crippen molar-refractivity contribution >= 4 is 29.5 Å². The topological polar surface area (TPSA) is 87.2 Å². The molecule has 4 aliphatic heterocycles. The molecule has 0 aromatic carbocycles. The molecule has 1 unspecified atom stereocenters. The maximum absolute atomic E-state index is 13.9. The molecule has 2 saturated heterocycles. The van der Waals surface area contributed by atoms with Gasteiger partial charge in [0, 0.05) is 31.0 Å². The van der Waals surface area contributed by atoms with Crippen molar-refractivity contribution in [3.8, 4) is 0 Å². The van der Waals surface area contributed by atoms with Crippen LogP contribution in [0.5, 0.6) is 0 Å². The second-order valence-electron chi connectivity index (χ2n) is 9.74. The Kier molecular flexibility index (Phi) is 7.53. The summed E-state index contributed by atoms with van der Waals surface area (Å²) in [6, 6.07) is -0.595. The van der Waals surface area contributed by atoms with Gasteiger partial charge in [-0.3, -0.25) is 14.4 Å². The van der Waals surface area contributed by atoms with E-state index in [1.165, 1.54) is 0 Å². The molecule has 4 rings (SSSR count). The summed E-state index contributed by atoms with van der Waals surface area (Å²) in [5.41, 5.74) is 0. The highest BCUT2D eigenvalue weighted by atomic mass is 32.2. The number of hydrogen-bond acceptors (Lipinski definition) is 6. The zero-order valence-corrected chi connectivity index (χ0v) is 20.5. The molecule has 0 saturated carbocycles. The lowest BCUT2D eigenvalue weighted by molar-refractivity contribution is -0.153. The highest BCUT2D eigenvalue weighted by Crippen LogP contribution is 2.60. The third kappa shape index (κ3) is 4.36. The fraction of sp³-hybridized carbons (Fsp3) is 0.720. The van der Waals surface area contributed by atoms with Gasteiger partial charge in [0.2, 0.25) is 11.8 Å². The summed E-state index contributed by atoms with van der Waals surface area (Å²) in [7, 11) is 0. The van der Waals surface area contributed by atoms with Crippen LogP contribution < -0.4 is 0 Å². The second kappa shape index (κ2) is 10.2. The molecule has 2 amide bonds. The Labute approximate surface area is 200 Å². The monoisotopic (exact) mass is 476 g/mol. The number of rotatable bonds is 7. The summed E-state index contributed by atoms with van der Waals surface area (Å²) in [6.45, 7) is 5.52. The number of thioether (sulfide) groups is 1. The summed E-state index contributed by atoms with van der Waals surface area (Å²) in [6.07, 6.45) is 13.1. The standard InChI is InChI=1S/C25H36N2O5S/c1-17(2)26-14-10-12-25-20(19-18(33-25)11-6-5-9-16-32-24(19)31)22(29)27(21(25)23(26)30)13-7-3-4-8-15-28/h6,10-12,17-21,28H,3-5,7-9,13-16H2,1-2H3/b11-6-/t18-,19+,20-,21?,25-/m0/s1. The first kappa shape index (κ1) is 24.3. The zero-order chi connectivity index (χ0) is 23.6. The third-order valence-corrected chi connectivity index (χ3v) is 9.06. The molecule has 4 heterocycles. The molecule has 1 N–H and O–H groups in total. The van der Waals surface area contributed by atoms with E-state index >= 15 is 0 Å². The lowest BCUT2D eigenvalue weighted by Gasteiger charge is -2.36. The maximum Gasteiger partial charge on any atom is 0.311 e. The average Bonchev–Trinajstić information content (AvgIpc) is 3.18. The number of cyclic esters (lactones) is 1. The fourth-order valence-electron chi connectivity index (χ4n) is 5.72. The van der Waals surface area contributed by atoms with E-state index in [1.807, 2.05) is 24.8 Å². The second-order valence-corrected chi connectivity index (χ2v) is 11.2. The van der Waals surface area contributed by atoms with E-state index < -0.39 is 22.6 Å². The third-order valence-electron chi connectivity index (χ3n) is 7.31. The number of esters is 1. The fourth-order valence-corrected chi connectivity index (χ4v) is 7.72. The van der Waals surface area contributed by atoms with Crippen LogP contribution in [-0.4, -0.2) is 81.1 Å². The Bertz CT molecular complexity index is 828. The molecule has 0 aliphatic carbocycles. The first-order chi connectivity index (χ1) is 15.9. The number of unbranched alkanes of at least 4 members (excludes halogenated alkanes) is 3. The van der Waals surface area contributed by atoms with Gasteiger partial charge in [-0.25, -0.2) is 0 Å². The van der Waals surface area contributed by atoms with Crippen LogP contribution in [0.3, 0.4) is 0 Å². The number of allylic oxidation sites excluding steroid dienone is 1. The number of likely N-dealkylation sites (tertiary alicyclic amines) is 1. The summed E-state index contributed by atoms with van der Waals surface area (Å²) in [5.74, 6) is -1.63. The van der Waals surface area contributed by atoms with Crippen molar-refractivity contribution in [3.05, 3.63) is 24.3 Å². The van der Waals surface area contributed by atoms with E-state index in [4.69, 9.17) is 9.84 Å². The number of aliphatic hydroxyl groups is 1. The van der Waals surface area contributed by atoms with Gasteiger partial charge in [-0.1, -0.05) is 37.1 Å². The summed E-state index contributed by atoms with van der Waals surface area (Å²) in [5, 5.41) is 8.87. The number of hydrogen-bond donors (Lipinski definition) is 1. The minimum atomic E-state index is -0.763. The Hall–Kier alpha value is -1.80. The number of carbonyl (C=O) groups excluding carboxylic acids is 3. The molecule has 5 atom stereocenters. The molecule has 0 bridgehead atoms. The van der Waals surface area contributed by atoms with E-state index in [1.54, 1.807) is 16.7 Å². The normalized spacial score (nSPS) is 34.8. The Balaban J connectivity index is 1.71. The van der Waals surface area contributed by atoms with Crippen molar-refractivity contribution in [2.24, 2.45) is 11.8 Å². The van der Waals surface area contributed by atoms with E-state index in [0.717, 1.165) is 38.5 Å². The van der Waals surface area contributed by atoms with Crippen molar-refractivity contribution in [1.82, 2.24) is 9.80 Å². The van der Waals surface area contributed by atoms with E-state index in [0.29, 0.717) is 19.7 Å². The zero-order valence-electron chi connectivity index (χ0n) is 19.7. The first-order valence-electron chi connectivity index (χ1n) is 12.3. The predicted molar refractivity (Wildman–Crippen MR) is 127 cm³/mol. The van der Waals surface area contributed by atoms with Gasteiger partial charge in [-0.2, -0.15) is 0 Å². The SMILES string of the molecule is CC(C)N1CC=C[C@]23S[C@H]4/C=C\CCCOC(=O)[C@H]4[C@H]2C(=O)N(CCCCCCO)C3C1=O. The average molecular weight is 477 g/mol. The molecule has 0 radical (unpaired) electrons. The number of aliphatic hydroxyl groups excluding tert-OH is 1. The van der Waals surface area contributed by atoms with Crippen molar-refractivity contribution in [3.63, 3.8) is 0 Å². The van der Waals surface area contributed by atoms with E-state index in [9.17, 15) is 14.4 Å². The Morgan fingerprint density at radius 1 is 1.15 bits per heavy atom. The Morgan fingerprint density at radius 2 is 1.94 bits per heavy atom. The summed E-state index contributed by atoms with van der Waals surface area (Å²) >= 11 is 1.60. The van der Waals surface area contributed by atoms with Crippen molar-refractivity contribution in [2.45, 2.75) is 74.5 Å². The quantitative estimate of drug-likeness (QED) is 0.345. The first-order valence-corrected chi connectivity index (χ1v) is 13.2. The van der Waals surface area contributed by atoms with Crippen LogP contribution in [0.15, 0.2) is 24.3 Å². The highest BCUT2D eigenvalue weighted by molar-refractivity contribution is 8.02. The molecule has 1 spiro atoms. The molecule has 0 aromatic rings. The number of amides is 2. The van der Waals surface area contributed by atoms with Crippen molar-refractivity contribution in [1.29, 1.82) is 0 Å². The van der Waals surface area contributed by atoms with Crippen LogP contribution in [0, 0.1) is 11.8 Å². The van der Waals surface area contributed by atoms with Crippen molar-refractivity contribution < 1.29 is 24.2 Å². The number of ether oxygens (including phenoxy) is 1. The van der Waals surface area contributed by atoms with Gasteiger partial charge in [-0.15, -0.1) is 11.8 Å². The van der Waals surface area contributed by atoms with Gasteiger partial charge in [0.15, 0.2) is 0 Å². The van der Waals surface area contributed by atoms with Crippen molar-refractivity contribution in [2.75, 3.05) is 26.3 Å². The molecule has 0 aromatic heterocycles. The highest BCUT2D eigenvalue weighted by Gasteiger charge is 2.70. The van der Waals surface area contributed by atoms with Crippen LogP contribution in [0.4, 0.5) is 0 Å². The van der Waals surface area contributed by atoms with Gasteiger partial charge in [0.25, 0.3) is 0 Å². The lowest BCUT2D eigenvalue weighted by Crippen LogP contribution is -2.54. The lowest BCUT2D eigenvalue weighted by atomic mass is 9.78. The Morgan fingerprint density at radius 3 is 2.70 bits per heavy atom. The van der Waals surface area contributed by atoms with Gasteiger partial charge in [0.1, 0.15) is 6.04 Å². The number of nitrogens with zero attached hydrogens (tertiary/aromatic N) is 2. The molecule has 8 heteroatoms. The largest absolute Gasteiger partial charge is 0.465 e. The summed E-state index contributed by atoms with van der Waals surface area (Å²) < 4.78 is 4.82. The predicted octanol–water partition coefficient (Wildman–Crippen LogP) is 2.54. The summed E-state index contributed by atoms with van der Waals surface area (Å²) in [4.78, 5) is 44.6.